The first-order valence-corrected chi connectivity index (χ1v) is 8.67. The van der Waals surface area contributed by atoms with Gasteiger partial charge in [0.15, 0.2) is 0 Å². The van der Waals surface area contributed by atoms with E-state index in [0.717, 1.165) is 11.1 Å². The minimum Gasteiger partial charge on any atom is -0.368 e. The van der Waals surface area contributed by atoms with Gasteiger partial charge >= 0.3 is 0 Å². The summed E-state index contributed by atoms with van der Waals surface area (Å²) >= 11 is 6.01. The molecule has 0 radical (unpaired) electrons. The largest absolute Gasteiger partial charge is 0.368 e. The molecule has 2 aromatic carbocycles. The van der Waals surface area contributed by atoms with Crippen LogP contribution in [0.15, 0.2) is 47.3 Å². The molecule has 132 valence electrons. The molecule has 6 nitrogen and oxygen atoms in total. The lowest BCUT2D eigenvalue weighted by Gasteiger charge is -2.34. The summed E-state index contributed by atoms with van der Waals surface area (Å²) in [6, 6.07) is 12.5. The highest BCUT2D eigenvalue weighted by Gasteiger charge is 2.30. The molecule has 0 spiro atoms. The van der Waals surface area contributed by atoms with Gasteiger partial charge in [-0.1, -0.05) is 35.9 Å². The number of amides is 1. The van der Waals surface area contributed by atoms with Gasteiger partial charge in [0.25, 0.3) is 5.56 Å². The van der Waals surface area contributed by atoms with Gasteiger partial charge in [0.05, 0.1) is 23.5 Å². The third kappa shape index (κ3) is 3.09. The fourth-order valence-corrected chi connectivity index (χ4v) is 3.62. The van der Waals surface area contributed by atoms with Crippen molar-refractivity contribution in [1.29, 1.82) is 0 Å². The number of carbonyl (C=O) groups excluding carboxylic acids is 1. The van der Waals surface area contributed by atoms with Crippen molar-refractivity contribution in [2.45, 2.75) is 25.6 Å². The number of hydrogen-bond acceptors (Lipinski definition) is 4. The van der Waals surface area contributed by atoms with Crippen LogP contribution in [0.3, 0.4) is 0 Å². The molecule has 0 saturated carbocycles. The van der Waals surface area contributed by atoms with Crippen molar-refractivity contribution in [2.24, 2.45) is 5.73 Å². The summed E-state index contributed by atoms with van der Waals surface area (Å²) in [6.07, 6.45) is 0.551. The van der Waals surface area contributed by atoms with Crippen molar-refractivity contribution in [2.75, 3.05) is 0 Å². The van der Waals surface area contributed by atoms with Crippen molar-refractivity contribution in [3.05, 3.63) is 74.8 Å². The Morgan fingerprint density at radius 2 is 2.04 bits per heavy atom. The summed E-state index contributed by atoms with van der Waals surface area (Å²) in [5.74, 6) is 0.0982. The molecular weight excluding hydrogens is 352 g/mol. The van der Waals surface area contributed by atoms with E-state index in [4.69, 9.17) is 17.3 Å². The van der Waals surface area contributed by atoms with Crippen LogP contribution in [0.25, 0.3) is 10.9 Å². The summed E-state index contributed by atoms with van der Waals surface area (Å²) in [7, 11) is 0. The Morgan fingerprint density at radius 1 is 1.27 bits per heavy atom. The highest BCUT2D eigenvalue weighted by molar-refractivity contribution is 6.31. The maximum atomic E-state index is 12.3. The van der Waals surface area contributed by atoms with Gasteiger partial charge in [0.2, 0.25) is 5.91 Å². The van der Waals surface area contributed by atoms with E-state index in [1.54, 1.807) is 18.2 Å². The van der Waals surface area contributed by atoms with E-state index in [1.165, 1.54) is 0 Å². The van der Waals surface area contributed by atoms with Crippen molar-refractivity contribution in [1.82, 2.24) is 14.9 Å². The van der Waals surface area contributed by atoms with Crippen LogP contribution in [-0.4, -0.2) is 26.8 Å². The zero-order chi connectivity index (χ0) is 18.3. The maximum Gasteiger partial charge on any atom is 0.258 e. The summed E-state index contributed by atoms with van der Waals surface area (Å²) in [6.45, 7) is 0.890. The second-order valence-electron chi connectivity index (χ2n) is 6.47. The zero-order valence-electron chi connectivity index (χ0n) is 13.9. The van der Waals surface area contributed by atoms with E-state index in [9.17, 15) is 9.59 Å². The molecule has 0 saturated heterocycles. The summed E-state index contributed by atoms with van der Waals surface area (Å²) in [4.78, 5) is 33.5. The number of hydrogen-bond donors (Lipinski definition) is 2. The van der Waals surface area contributed by atoms with E-state index in [1.807, 2.05) is 29.2 Å². The van der Waals surface area contributed by atoms with Crippen LogP contribution in [0.4, 0.5) is 0 Å². The number of fused-ring (bicyclic) bond motifs is 2. The van der Waals surface area contributed by atoms with Gasteiger partial charge in [-0.2, -0.15) is 0 Å². The molecule has 1 atom stereocenters. The van der Waals surface area contributed by atoms with E-state index in [0.29, 0.717) is 41.3 Å². The molecule has 0 bridgehead atoms. The lowest BCUT2D eigenvalue weighted by atomic mass is 9.93. The number of rotatable bonds is 3. The fourth-order valence-electron chi connectivity index (χ4n) is 3.45. The predicted molar refractivity (Wildman–Crippen MR) is 99.7 cm³/mol. The highest BCUT2D eigenvalue weighted by atomic mass is 35.5. The topological polar surface area (TPSA) is 92.1 Å². The number of H-pyrrole nitrogens is 1. The van der Waals surface area contributed by atoms with Crippen LogP contribution in [0, 0.1) is 0 Å². The monoisotopic (exact) mass is 368 g/mol. The summed E-state index contributed by atoms with van der Waals surface area (Å²) < 4.78 is 0. The second kappa shape index (κ2) is 6.55. The van der Waals surface area contributed by atoms with Gasteiger partial charge in [0, 0.05) is 11.6 Å². The molecule has 1 aliphatic rings. The van der Waals surface area contributed by atoms with Crippen molar-refractivity contribution in [3.63, 3.8) is 0 Å². The molecule has 0 unspecified atom stereocenters. The number of halogens is 1. The van der Waals surface area contributed by atoms with Gasteiger partial charge in [-0.3, -0.25) is 14.5 Å². The van der Waals surface area contributed by atoms with Crippen LogP contribution < -0.4 is 11.3 Å². The molecule has 0 aliphatic carbocycles. The smallest absolute Gasteiger partial charge is 0.258 e. The SMILES string of the molecule is NC(=O)[C@@H]1Cc2ccccc2CN1Cc1nc2cc(Cl)ccc2c(=O)[nH]1. The van der Waals surface area contributed by atoms with Crippen molar-refractivity contribution < 1.29 is 4.79 Å². The molecule has 26 heavy (non-hydrogen) atoms. The Hall–Kier alpha value is -2.70. The standard InChI is InChI=1S/C19H17ClN4O2/c20-13-5-6-14-15(8-13)22-17(23-19(14)26)10-24-9-12-4-2-1-3-11(12)7-16(24)18(21)25/h1-6,8,16H,7,9-10H2,(H2,21,25)(H,22,23,26)/t16-/m0/s1. The number of nitrogens with two attached hydrogens (primary N) is 1. The first-order chi connectivity index (χ1) is 12.5. The lowest BCUT2D eigenvalue weighted by Crippen LogP contribution is -2.48. The molecule has 3 aromatic rings. The molecule has 3 N–H and O–H groups in total. The first kappa shape index (κ1) is 16.8. The number of primary amides is 1. The van der Waals surface area contributed by atoms with Gasteiger partial charge in [0.1, 0.15) is 5.82 Å². The average molecular weight is 369 g/mol. The summed E-state index contributed by atoms with van der Waals surface area (Å²) in [5, 5.41) is 0.997. The lowest BCUT2D eigenvalue weighted by molar-refractivity contribution is -0.124. The maximum absolute atomic E-state index is 12.3. The minimum absolute atomic E-state index is 0.227. The average Bonchev–Trinajstić information content (AvgIpc) is 2.60. The van der Waals surface area contributed by atoms with Crippen LogP contribution in [0.5, 0.6) is 0 Å². The van der Waals surface area contributed by atoms with Crippen LogP contribution in [0.2, 0.25) is 5.02 Å². The van der Waals surface area contributed by atoms with Crippen LogP contribution in [-0.2, 0) is 24.3 Å². The fraction of sp³-hybridized carbons (Fsp3) is 0.211. The molecule has 1 amide bonds. The molecular formula is C19H17ClN4O2. The van der Waals surface area contributed by atoms with Gasteiger partial charge in [-0.15, -0.1) is 0 Å². The first-order valence-electron chi connectivity index (χ1n) is 8.30. The van der Waals surface area contributed by atoms with Crippen LogP contribution in [0.1, 0.15) is 17.0 Å². The third-order valence-corrected chi connectivity index (χ3v) is 4.98. The molecule has 1 aromatic heterocycles. The Labute approximate surface area is 154 Å². The number of aromatic nitrogens is 2. The van der Waals surface area contributed by atoms with Gasteiger partial charge < -0.3 is 10.7 Å². The number of nitrogens with zero attached hydrogens (tertiary/aromatic N) is 2. The molecule has 2 heterocycles. The van der Waals surface area contributed by atoms with Gasteiger partial charge in [-0.25, -0.2) is 4.98 Å². The highest BCUT2D eigenvalue weighted by Crippen LogP contribution is 2.24. The Kier molecular flexibility index (Phi) is 4.22. The Balaban J connectivity index is 1.70. The van der Waals surface area contributed by atoms with Gasteiger partial charge in [-0.05, 0) is 35.7 Å². The molecule has 0 fully saturated rings. The quantitative estimate of drug-likeness (QED) is 0.739. The summed E-state index contributed by atoms with van der Waals surface area (Å²) in [5.41, 5.74) is 8.20. The Morgan fingerprint density at radius 3 is 2.81 bits per heavy atom. The number of benzene rings is 2. The minimum atomic E-state index is -0.440. The van der Waals surface area contributed by atoms with E-state index < -0.39 is 6.04 Å². The number of nitrogens with one attached hydrogen (secondary N) is 1. The van der Waals surface area contributed by atoms with E-state index >= 15 is 0 Å². The second-order valence-corrected chi connectivity index (χ2v) is 6.91. The third-order valence-electron chi connectivity index (χ3n) is 4.74. The zero-order valence-corrected chi connectivity index (χ0v) is 14.7. The van der Waals surface area contributed by atoms with Crippen LogP contribution >= 0.6 is 11.6 Å². The number of aromatic amines is 1. The van der Waals surface area contributed by atoms with E-state index in [2.05, 4.69) is 9.97 Å². The Bertz CT molecular complexity index is 1060. The molecule has 1 aliphatic heterocycles. The van der Waals surface area contributed by atoms with Crippen molar-refractivity contribution in [3.8, 4) is 0 Å². The molecule has 4 rings (SSSR count). The molecule has 7 heteroatoms. The normalized spacial score (nSPS) is 17.2. The van der Waals surface area contributed by atoms with Crippen molar-refractivity contribution >= 4 is 28.4 Å². The van der Waals surface area contributed by atoms with E-state index in [-0.39, 0.29) is 11.5 Å². The predicted octanol–water partition coefficient (Wildman–Crippen LogP) is 1.99. The number of carbonyl (C=O) groups is 1.